The predicted octanol–water partition coefficient (Wildman–Crippen LogP) is -1.42. The summed E-state index contributed by atoms with van der Waals surface area (Å²) in [4.78, 5) is 36.2. The SMILES string of the molecule is CC(=O)[B]CC(=O)NC(C)C(=O)ON. The van der Waals surface area contributed by atoms with Crippen molar-refractivity contribution in [3.8, 4) is 0 Å². The summed E-state index contributed by atoms with van der Waals surface area (Å²) in [7, 11) is 1.22. The maximum Gasteiger partial charge on any atom is 0.346 e. The molecule has 6 nitrogen and oxygen atoms in total. The molecule has 14 heavy (non-hydrogen) atoms. The molecule has 0 rings (SSSR count). The summed E-state index contributed by atoms with van der Waals surface area (Å²) in [5.74, 6) is 3.44. The van der Waals surface area contributed by atoms with Gasteiger partial charge in [0.15, 0.2) is 0 Å². The number of hydrogen-bond acceptors (Lipinski definition) is 5. The van der Waals surface area contributed by atoms with Crippen molar-refractivity contribution >= 4 is 24.8 Å². The van der Waals surface area contributed by atoms with Crippen molar-refractivity contribution in [1.82, 2.24) is 5.32 Å². The molecule has 0 saturated carbocycles. The topological polar surface area (TPSA) is 98.5 Å². The van der Waals surface area contributed by atoms with Gasteiger partial charge in [0, 0.05) is 6.32 Å². The summed E-state index contributed by atoms with van der Waals surface area (Å²) in [5.41, 5.74) is -0.200. The molecular formula is C7H12BN2O4. The molecule has 1 amide bonds. The van der Waals surface area contributed by atoms with Gasteiger partial charge in [0.1, 0.15) is 6.04 Å². The van der Waals surface area contributed by atoms with Crippen LogP contribution in [-0.4, -0.2) is 30.9 Å². The lowest BCUT2D eigenvalue weighted by Gasteiger charge is -2.09. The molecule has 0 heterocycles. The molecule has 1 atom stereocenters. The Balaban J connectivity index is 3.82. The summed E-state index contributed by atoms with van der Waals surface area (Å²) in [6, 6.07) is -0.812. The van der Waals surface area contributed by atoms with Crippen molar-refractivity contribution in [3.63, 3.8) is 0 Å². The third kappa shape index (κ3) is 5.31. The van der Waals surface area contributed by atoms with E-state index in [0.717, 1.165) is 0 Å². The number of nitrogens with two attached hydrogens (primary N) is 1. The summed E-state index contributed by atoms with van der Waals surface area (Å²) >= 11 is 0. The van der Waals surface area contributed by atoms with Crippen LogP contribution >= 0.6 is 0 Å². The second kappa shape index (κ2) is 6.14. The van der Waals surface area contributed by atoms with Gasteiger partial charge in [-0.25, -0.2) is 4.79 Å². The monoisotopic (exact) mass is 199 g/mol. The molecule has 0 aromatic carbocycles. The molecule has 0 bridgehead atoms. The Morgan fingerprint density at radius 3 is 2.50 bits per heavy atom. The van der Waals surface area contributed by atoms with Crippen LogP contribution in [0.2, 0.25) is 6.32 Å². The van der Waals surface area contributed by atoms with Gasteiger partial charge in [-0.05, 0) is 13.8 Å². The van der Waals surface area contributed by atoms with Gasteiger partial charge >= 0.3 is 5.97 Å². The fraction of sp³-hybridized carbons (Fsp3) is 0.571. The number of rotatable bonds is 5. The standard InChI is InChI=1S/C7H12BN2O4/c1-4(7(13)14-9)10-6(12)3-8-5(2)11/h4H,3,9H2,1-2H3,(H,10,12). The first-order valence-electron chi connectivity index (χ1n) is 4.01. The van der Waals surface area contributed by atoms with Crippen LogP contribution in [-0.2, 0) is 19.2 Å². The predicted molar refractivity (Wildman–Crippen MR) is 49.1 cm³/mol. The van der Waals surface area contributed by atoms with E-state index in [2.05, 4.69) is 16.1 Å². The van der Waals surface area contributed by atoms with Gasteiger partial charge < -0.3 is 14.9 Å². The van der Waals surface area contributed by atoms with Gasteiger partial charge in [0.2, 0.25) is 13.2 Å². The first-order chi connectivity index (χ1) is 6.47. The van der Waals surface area contributed by atoms with E-state index in [1.165, 1.54) is 21.1 Å². The third-order valence-corrected chi connectivity index (χ3v) is 1.42. The normalized spacial score (nSPS) is 11.4. The smallest absolute Gasteiger partial charge is 0.346 e. The van der Waals surface area contributed by atoms with E-state index in [1.807, 2.05) is 0 Å². The zero-order valence-corrected chi connectivity index (χ0v) is 8.07. The molecule has 0 spiro atoms. The Bertz CT molecular complexity index is 244. The summed E-state index contributed by atoms with van der Waals surface area (Å²) in [6.07, 6.45) is -0.0580. The van der Waals surface area contributed by atoms with E-state index in [9.17, 15) is 14.4 Å². The van der Waals surface area contributed by atoms with Crippen molar-refractivity contribution in [3.05, 3.63) is 0 Å². The molecule has 0 aromatic rings. The zero-order chi connectivity index (χ0) is 11.1. The lowest BCUT2D eigenvalue weighted by molar-refractivity contribution is -0.147. The van der Waals surface area contributed by atoms with Gasteiger partial charge in [0.05, 0.1) is 5.68 Å². The largest absolute Gasteiger partial charge is 0.372 e. The van der Waals surface area contributed by atoms with Crippen LogP contribution in [0.4, 0.5) is 0 Å². The minimum absolute atomic E-state index is 0.0580. The number of nitrogens with one attached hydrogen (secondary N) is 1. The van der Waals surface area contributed by atoms with Crippen molar-refractivity contribution in [1.29, 1.82) is 0 Å². The molecule has 3 N–H and O–H groups in total. The van der Waals surface area contributed by atoms with Gasteiger partial charge in [-0.15, -0.1) is 0 Å². The summed E-state index contributed by atoms with van der Waals surface area (Å²) < 4.78 is 0. The molecule has 0 fully saturated rings. The third-order valence-electron chi connectivity index (χ3n) is 1.42. The second-order valence-electron chi connectivity index (χ2n) is 2.74. The van der Waals surface area contributed by atoms with Crippen molar-refractivity contribution in [2.75, 3.05) is 0 Å². The quantitative estimate of drug-likeness (QED) is 0.418. The maximum atomic E-state index is 11.0. The average molecular weight is 199 g/mol. The molecule has 0 aliphatic heterocycles. The first kappa shape index (κ1) is 12.6. The van der Waals surface area contributed by atoms with E-state index in [0.29, 0.717) is 0 Å². The van der Waals surface area contributed by atoms with Crippen LogP contribution in [0.25, 0.3) is 0 Å². The zero-order valence-electron chi connectivity index (χ0n) is 8.07. The van der Waals surface area contributed by atoms with Crippen LogP contribution in [0.15, 0.2) is 0 Å². The molecule has 0 aliphatic carbocycles. The summed E-state index contributed by atoms with van der Waals surface area (Å²) in [5, 5.41) is 2.31. The van der Waals surface area contributed by atoms with Gasteiger partial charge in [0.25, 0.3) is 0 Å². The minimum atomic E-state index is -0.812. The first-order valence-corrected chi connectivity index (χ1v) is 4.01. The Morgan fingerprint density at radius 2 is 2.07 bits per heavy atom. The molecule has 1 radical (unpaired) electrons. The Kier molecular flexibility index (Phi) is 5.54. The molecule has 0 aliphatic rings. The van der Waals surface area contributed by atoms with E-state index < -0.39 is 17.9 Å². The molecule has 0 saturated heterocycles. The fourth-order valence-corrected chi connectivity index (χ4v) is 0.698. The van der Waals surface area contributed by atoms with E-state index >= 15 is 0 Å². The number of hydrogen-bond donors (Lipinski definition) is 2. The fourth-order valence-electron chi connectivity index (χ4n) is 0.698. The van der Waals surface area contributed by atoms with Gasteiger partial charge in [-0.1, -0.05) is 0 Å². The van der Waals surface area contributed by atoms with Crippen molar-refractivity contribution in [2.45, 2.75) is 26.2 Å². The van der Waals surface area contributed by atoms with Gasteiger partial charge in [-0.2, -0.15) is 5.90 Å². The highest BCUT2D eigenvalue weighted by molar-refractivity contribution is 6.75. The molecule has 7 heteroatoms. The molecule has 77 valence electrons. The van der Waals surface area contributed by atoms with Crippen LogP contribution in [0.3, 0.4) is 0 Å². The number of amides is 1. The average Bonchev–Trinajstić information content (AvgIpc) is 2.13. The summed E-state index contributed by atoms with van der Waals surface area (Å²) in [6.45, 7) is 2.77. The highest BCUT2D eigenvalue weighted by atomic mass is 16.7. The highest BCUT2D eigenvalue weighted by Crippen LogP contribution is 1.87. The molecule has 1 unspecified atom stereocenters. The number of carbonyl (C=O) groups is 3. The van der Waals surface area contributed by atoms with Crippen LogP contribution < -0.4 is 11.2 Å². The van der Waals surface area contributed by atoms with E-state index in [-0.39, 0.29) is 12.0 Å². The second-order valence-corrected chi connectivity index (χ2v) is 2.74. The minimum Gasteiger partial charge on any atom is -0.372 e. The highest BCUT2D eigenvalue weighted by Gasteiger charge is 2.16. The molecular weight excluding hydrogens is 187 g/mol. The maximum absolute atomic E-state index is 11.0. The van der Waals surface area contributed by atoms with Crippen LogP contribution in [0.5, 0.6) is 0 Å². The number of carbonyl (C=O) groups excluding carboxylic acids is 3. The Labute approximate surface area is 82.4 Å². The Hall–Kier alpha value is -1.37. The lowest BCUT2D eigenvalue weighted by atomic mass is 9.70. The van der Waals surface area contributed by atoms with E-state index in [1.54, 1.807) is 0 Å². The molecule has 0 aromatic heterocycles. The Morgan fingerprint density at radius 1 is 1.50 bits per heavy atom. The van der Waals surface area contributed by atoms with Crippen molar-refractivity contribution < 1.29 is 19.2 Å². The van der Waals surface area contributed by atoms with Gasteiger partial charge in [-0.3, -0.25) is 4.79 Å². The van der Waals surface area contributed by atoms with E-state index in [4.69, 9.17) is 0 Å². The van der Waals surface area contributed by atoms with Crippen LogP contribution in [0.1, 0.15) is 13.8 Å². The lowest BCUT2D eigenvalue weighted by Crippen LogP contribution is -2.40. The van der Waals surface area contributed by atoms with Crippen LogP contribution in [0, 0.1) is 0 Å². The van der Waals surface area contributed by atoms with Crippen molar-refractivity contribution in [2.24, 2.45) is 5.90 Å².